The van der Waals surface area contributed by atoms with Gasteiger partial charge in [-0.3, -0.25) is 4.79 Å². The molecule has 0 spiro atoms. The molecule has 6 heteroatoms. The number of nitrogens with one attached hydrogen (secondary N) is 1. The van der Waals surface area contributed by atoms with Crippen LogP contribution in [0.1, 0.15) is 35.1 Å². The highest BCUT2D eigenvalue weighted by Gasteiger charge is 2.32. The molecular formula is C20H27N5O. The van der Waals surface area contributed by atoms with Crippen molar-refractivity contribution in [2.75, 3.05) is 37.4 Å². The third-order valence-corrected chi connectivity index (χ3v) is 4.56. The van der Waals surface area contributed by atoms with Crippen molar-refractivity contribution in [1.29, 1.82) is 0 Å². The zero-order valence-corrected chi connectivity index (χ0v) is 16.0. The van der Waals surface area contributed by atoms with E-state index in [9.17, 15) is 4.79 Å². The number of hydrogen-bond donors (Lipinski definition) is 1. The number of anilines is 2. The Balaban J connectivity index is 1.77. The maximum Gasteiger partial charge on any atom is 0.277 e. The van der Waals surface area contributed by atoms with E-state index in [2.05, 4.69) is 47.3 Å². The molecule has 138 valence electrons. The molecule has 0 radical (unpaired) electrons. The minimum absolute atomic E-state index is 0.0655. The topological polar surface area (TPSA) is 61.4 Å². The van der Waals surface area contributed by atoms with Crippen molar-refractivity contribution >= 4 is 17.5 Å². The fourth-order valence-corrected chi connectivity index (χ4v) is 3.35. The normalized spacial score (nSPS) is 16.0. The number of amides is 1. The molecule has 2 heterocycles. The Morgan fingerprint density at radius 1 is 1.31 bits per heavy atom. The first-order valence-electron chi connectivity index (χ1n) is 9.11. The van der Waals surface area contributed by atoms with Gasteiger partial charge in [0.1, 0.15) is 5.69 Å². The van der Waals surface area contributed by atoms with Crippen molar-refractivity contribution in [3.8, 4) is 0 Å². The van der Waals surface area contributed by atoms with Crippen molar-refractivity contribution in [3.63, 3.8) is 0 Å². The lowest BCUT2D eigenvalue weighted by molar-refractivity contribution is 0.0976. The predicted octanol–water partition coefficient (Wildman–Crippen LogP) is 2.74. The maximum atomic E-state index is 13.1. The van der Waals surface area contributed by atoms with E-state index < -0.39 is 0 Å². The molecule has 0 saturated heterocycles. The van der Waals surface area contributed by atoms with Crippen LogP contribution in [0.2, 0.25) is 0 Å². The number of benzene rings is 1. The van der Waals surface area contributed by atoms with Crippen LogP contribution >= 0.6 is 0 Å². The van der Waals surface area contributed by atoms with Gasteiger partial charge in [-0.05, 0) is 65.0 Å². The van der Waals surface area contributed by atoms with Crippen molar-refractivity contribution in [1.82, 2.24) is 14.9 Å². The summed E-state index contributed by atoms with van der Waals surface area (Å²) in [5, 5.41) is 3.24. The van der Waals surface area contributed by atoms with Gasteiger partial charge < -0.3 is 15.1 Å². The first-order chi connectivity index (χ1) is 12.5. The number of hydrogen-bond acceptors (Lipinski definition) is 5. The molecule has 0 saturated carbocycles. The van der Waals surface area contributed by atoms with Crippen LogP contribution in [-0.2, 0) is 6.42 Å². The van der Waals surface area contributed by atoms with Gasteiger partial charge in [0, 0.05) is 24.0 Å². The first-order valence-corrected chi connectivity index (χ1v) is 9.11. The number of carbonyl (C=O) groups excluding carboxylic acids is 1. The van der Waals surface area contributed by atoms with Crippen LogP contribution in [0, 0.1) is 6.92 Å². The summed E-state index contributed by atoms with van der Waals surface area (Å²) in [5.74, 6) is 0.455. The zero-order chi connectivity index (χ0) is 18.7. The van der Waals surface area contributed by atoms with Crippen LogP contribution in [0.4, 0.5) is 11.6 Å². The largest absolute Gasteiger partial charge is 0.354 e. The Bertz CT molecular complexity index is 790. The highest BCUT2D eigenvalue weighted by Crippen LogP contribution is 2.32. The Morgan fingerprint density at radius 3 is 2.85 bits per heavy atom. The van der Waals surface area contributed by atoms with Gasteiger partial charge in [0.2, 0.25) is 5.95 Å². The van der Waals surface area contributed by atoms with Crippen molar-refractivity contribution in [2.45, 2.75) is 32.7 Å². The Morgan fingerprint density at radius 2 is 2.08 bits per heavy atom. The first kappa shape index (κ1) is 18.3. The molecule has 1 atom stereocenters. The van der Waals surface area contributed by atoms with Gasteiger partial charge in [-0.25, -0.2) is 9.97 Å². The minimum atomic E-state index is -0.0655. The van der Waals surface area contributed by atoms with Crippen LogP contribution in [-0.4, -0.2) is 54.0 Å². The standard InChI is InChI=1S/C20H27N5O/c1-14-12-17(23-20(22-14)21-10-7-11-24(3)4)19(26)25-15(2)13-16-8-5-6-9-18(16)25/h5-6,8-9,12,15H,7,10-11,13H2,1-4H3,(H,21,22,23). The van der Waals surface area contributed by atoms with E-state index in [1.807, 2.05) is 30.0 Å². The van der Waals surface area contributed by atoms with Crippen LogP contribution in [0.25, 0.3) is 0 Å². The van der Waals surface area contributed by atoms with Gasteiger partial charge in [-0.15, -0.1) is 0 Å². The van der Waals surface area contributed by atoms with E-state index in [-0.39, 0.29) is 11.9 Å². The van der Waals surface area contributed by atoms with Crippen molar-refractivity contribution < 1.29 is 4.79 Å². The van der Waals surface area contributed by atoms with Crippen molar-refractivity contribution in [3.05, 3.63) is 47.3 Å². The molecule has 1 aromatic heterocycles. The van der Waals surface area contributed by atoms with Crippen LogP contribution in [0.5, 0.6) is 0 Å². The second kappa shape index (κ2) is 7.83. The molecule has 1 aliphatic rings. The van der Waals surface area contributed by atoms with E-state index in [4.69, 9.17) is 0 Å². The summed E-state index contributed by atoms with van der Waals surface area (Å²) in [6.07, 6.45) is 1.87. The second-order valence-corrected chi connectivity index (χ2v) is 7.16. The summed E-state index contributed by atoms with van der Waals surface area (Å²) < 4.78 is 0. The SMILES string of the molecule is Cc1cc(C(=O)N2c3ccccc3CC2C)nc(NCCCN(C)C)n1. The second-order valence-electron chi connectivity index (χ2n) is 7.16. The molecule has 26 heavy (non-hydrogen) atoms. The molecule has 1 aromatic carbocycles. The Hall–Kier alpha value is -2.47. The molecule has 1 N–H and O–H groups in total. The van der Waals surface area contributed by atoms with Crippen molar-refractivity contribution in [2.24, 2.45) is 0 Å². The number of carbonyl (C=O) groups is 1. The number of rotatable bonds is 6. The van der Waals surface area contributed by atoms with E-state index in [0.717, 1.165) is 37.3 Å². The lowest BCUT2D eigenvalue weighted by atomic mass is 10.1. The number of aryl methyl sites for hydroxylation is 1. The average molecular weight is 353 g/mol. The van der Waals surface area contributed by atoms with Crippen LogP contribution < -0.4 is 10.2 Å². The van der Waals surface area contributed by atoms with E-state index in [1.165, 1.54) is 5.56 Å². The molecule has 0 bridgehead atoms. The molecule has 6 nitrogen and oxygen atoms in total. The maximum absolute atomic E-state index is 13.1. The van der Waals surface area contributed by atoms with Gasteiger partial charge >= 0.3 is 0 Å². The highest BCUT2D eigenvalue weighted by atomic mass is 16.2. The van der Waals surface area contributed by atoms with Gasteiger partial charge in [-0.2, -0.15) is 0 Å². The van der Waals surface area contributed by atoms with Crippen LogP contribution in [0.3, 0.4) is 0 Å². The minimum Gasteiger partial charge on any atom is -0.354 e. The van der Waals surface area contributed by atoms with Gasteiger partial charge in [0.05, 0.1) is 0 Å². The fraction of sp³-hybridized carbons (Fsp3) is 0.450. The molecule has 1 unspecified atom stereocenters. The number of aromatic nitrogens is 2. The van der Waals surface area contributed by atoms with Gasteiger partial charge in [-0.1, -0.05) is 18.2 Å². The Kier molecular flexibility index (Phi) is 5.52. The monoisotopic (exact) mass is 353 g/mol. The highest BCUT2D eigenvalue weighted by molar-refractivity contribution is 6.06. The molecule has 3 rings (SSSR count). The third-order valence-electron chi connectivity index (χ3n) is 4.56. The summed E-state index contributed by atoms with van der Waals surface area (Å²) in [5.41, 5.74) is 3.43. The van der Waals surface area contributed by atoms with Gasteiger partial charge in [0.25, 0.3) is 5.91 Å². The summed E-state index contributed by atoms with van der Waals surface area (Å²) in [7, 11) is 4.10. The molecule has 0 fully saturated rings. The van der Waals surface area contributed by atoms with E-state index in [1.54, 1.807) is 6.07 Å². The Labute approximate surface area is 155 Å². The molecular weight excluding hydrogens is 326 g/mol. The molecule has 1 aliphatic heterocycles. The third kappa shape index (κ3) is 4.02. The zero-order valence-electron chi connectivity index (χ0n) is 16.0. The lowest BCUT2D eigenvalue weighted by Crippen LogP contribution is -2.36. The van der Waals surface area contributed by atoms with Gasteiger partial charge in [0.15, 0.2) is 0 Å². The number of fused-ring (bicyclic) bond motifs is 1. The predicted molar refractivity (Wildman–Crippen MR) is 105 cm³/mol. The molecule has 0 aliphatic carbocycles. The number of para-hydroxylation sites is 1. The smallest absolute Gasteiger partial charge is 0.277 e. The summed E-state index contributed by atoms with van der Waals surface area (Å²) in [6, 6.07) is 9.98. The van der Waals surface area contributed by atoms with E-state index >= 15 is 0 Å². The molecule has 1 amide bonds. The quantitative estimate of drug-likeness (QED) is 0.809. The summed E-state index contributed by atoms with van der Waals surface area (Å²) >= 11 is 0. The summed E-state index contributed by atoms with van der Waals surface area (Å²) in [4.78, 5) is 26.0. The lowest BCUT2D eigenvalue weighted by Gasteiger charge is -2.22. The fourth-order valence-electron chi connectivity index (χ4n) is 3.35. The number of nitrogens with zero attached hydrogens (tertiary/aromatic N) is 4. The molecule has 2 aromatic rings. The van der Waals surface area contributed by atoms with E-state index in [0.29, 0.717) is 11.6 Å². The summed E-state index contributed by atoms with van der Waals surface area (Å²) in [6.45, 7) is 5.74. The van der Waals surface area contributed by atoms with Crippen LogP contribution in [0.15, 0.2) is 30.3 Å². The average Bonchev–Trinajstić information content (AvgIpc) is 2.93.